The zero-order valence-electron chi connectivity index (χ0n) is 7.58. The van der Waals surface area contributed by atoms with Crippen molar-refractivity contribution in [3.8, 4) is 11.5 Å². The molecule has 1 unspecified atom stereocenters. The van der Waals surface area contributed by atoms with Crippen LogP contribution < -0.4 is 4.74 Å². The number of carbonyl (C=O) groups excluding carboxylic acids is 1. The van der Waals surface area contributed by atoms with Gasteiger partial charge in [-0.2, -0.15) is 13.2 Å². The van der Waals surface area contributed by atoms with Gasteiger partial charge in [0.15, 0.2) is 11.5 Å². The number of halogens is 3. The molecule has 7 heteroatoms. The van der Waals surface area contributed by atoms with Crippen molar-refractivity contribution >= 4 is 5.97 Å². The molecule has 0 bridgehead atoms. The number of aromatic hydroxyl groups is 1. The highest BCUT2D eigenvalue weighted by atomic mass is 19.4. The Balaban J connectivity index is 2.70. The third-order valence-corrected chi connectivity index (χ3v) is 2.28. The minimum absolute atomic E-state index is 0.633. The zero-order chi connectivity index (χ0) is 12.1. The summed E-state index contributed by atoms with van der Waals surface area (Å²) in [6.07, 6.45) is -5.21. The zero-order valence-corrected chi connectivity index (χ0v) is 7.58. The summed E-state index contributed by atoms with van der Waals surface area (Å²) in [6, 6.07) is 2.99. The quantitative estimate of drug-likeness (QED) is 0.520. The second-order valence-corrected chi connectivity index (χ2v) is 3.25. The maximum absolute atomic E-state index is 12.6. The maximum atomic E-state index is 12.6. The van der Waals surface area contributed by atoms with E-state index in [0.717, 1.165) is 18.2 Å². The molecule has 4 nitrogen and oxygen atoms in total. The Hall–Kier alpha value is -1.76. The predicted octanol–water partition coefficient (Wildman–Crippen LogP) is 1.06. The molecule has 0 aromatic heterocycles. The van der Waals surface area contributed by atoms with Crippen molar-refractivity contribution in [3.63, 3.8) is 0 Å². The lowest BCUT2D eigenvalue weighted by Crippen LogP contribution is -2.47. The van der Waals surface area contributed by atoms with E-state index in [4.69, 9.17) is 0 Å². The topological polar surface area (TPSA) is 66.8 Å². The van der Waals surface area contributed by atoms with Crippen LogP contribution in [0.25, 0.3) is 0 Å². The summed E-state index contributed by atoms with van der Waals surface area (Å²) in [6.45, 7) is 0. The highest BCUT2D eigenvalue weighted by Gasteiger charge is 2.66. The Morgan fingerprint density at radius 1 is 1.31 bits per heavy atom. The van der Waals surface area contributed by atoms with E-state index in [0.29, 0.717) is 0 Å². The largest absolute Gasteiger partial charge is 0.504 e. The molecule has 0 spiro atoms. The monoisotopic (exact) mass is 234 g/mol. The highest BCUT2D eigenvalue weighted by molar-refractivity contribution is 5.90. The Bertz CT molecular complexity index is 468. The smallest absolute Gasteiger partial charge is 0.432 e. The number of para-hydroxylation sites is 1. The molecule has 1 heterocycles. The van der Waals surface area contributed by atoms with Gasteiger partial charge in [0.05, 0.1) is 5.56 Å². The van der Waals surface area contributed by atoms with Gasteiger partial charge in [-0.25, -0.2) is 4.79 Å². The van der Waals surface area contributed by atoms with Gasteiger partial charge >= 0.3 is 12.1 Å². The van der Waals surface area contributed by atoms with Crippen molar-refractivity contribution in [2.45, 2.75) is 11.8 Å². The van der Waals surface area contributed by atoms with Gasteiger partial charge in [0, 0.05) is 0 Å². The fourth-order valence-corrected chi connectivity index (χ4v) is 1.46. The molecule has 0 saturated heterocycles. The summed E-state index contributed by atoms with van der Waals surface area (Å²) in [4.78, 5) is 11.0. The molecule has 1 aromatic carbocycles. The molecule has 1 aliphatic heterocycles. The van der Waals surface area contributed by atoms with Gasteiger partial charge in [-0.3, -0.25) is 0 Å². The van der Waals surface area contributed by atoms with Crippen molar-refractivity contribution in [1.82, 2.24) is 0 Å². The van der Waals surface area contributed by atoms with Crippen molar-refractivity contribution in [3.05, 3.63) is 23.8 Å². The van der Waals surface area contributed by atoms with Gasteiger partial charge in [0.1, 0.15) is 0 Å². The summed E-state index contributed by atoms with van der Waals surface area (Å²) >= 11 is 0. The Labute approximate surface area is 86.9 Å². The number of rotatable bonds is 0. The molecular formula is C9H5F3O4. The molecule has 1 aromatic rings. The average Bonchev–Trinajstić information content (AvgIpc) is 2.43. The normalized spacial score (nSPS) is 24.1. The summed E-state index contributed by atoms with van der Waals surface area (Å²) in [5.41, 5.74) is -4.51. The average molecular weight is 234 g/mol. The predicted molar refractivity (Wildman–Crippen MR) is 43.7 cm³/mol. The summed E-state index contributed by atoms with van der Waals surface area (Å²) < 4.78 is 41.9. The summed E-state index contributed by atoms with van der Waals surface area (Å²) in [5, 5.41) is 18.6. The summed E-state index contributed by atoms with van der Waals surface area (Å²) in [7, 11) is 0. The van der Waals surface area contributed by atoms with Gasteiger partial charge in [0.25, 0.3) is 5.60 Å². The molecule has 0 fully saturated rings. The van der Waals surface area contributed by atoms with Crippen LogP contribution in [0.5, 0.6) is 11.5 Å². The van der Waals surface area contributed by atoms with E-state index >= 15 is 0 Å². The second-order valence-electron chi connectivity index (χ2n) is 3.25. The van der Waals surface area contributed by atoms with Crippen LogP contribution in [0, 0.1) is 0 Å². The minimum atomic E-state index is -5.21. The molecular weight excluding hydrogens is 229 g/mol. The van der Waals surface area contributed by atoms with Gasteiger partial charge in [0.2, 0.25) is 0 Å². The van der Waals surface area contributed by atoms with Gasteiger partial charge in [-0.1, -0.05) is 12.1 Å². The maximum Gasteiger partial charge on any atom is 0.432 e. The fourth-order valence-electron chi connectivity index (χ4n) is 1.46. The second kappa shape index (κ2) is 2.88. The number of benzene rings is 1. The van der Waals surface area contributed by atoms with Crippen LogP contribution >= 0.6 is 0 Å². The number of phenolic OH excluding ortho intramolecular Hbond substituents is 1. The lowest BCUT2D eigenvalue weighted by Gasteiger charge is -2.21. The van der Waals surface area contributed by atoms with Crippen molar-refractivity contribution < 1.29 is 32.9 Å². The molecule has 2 rings (SSSR count). The third-order valence-electron chi connectivity index (χ3n) is 2.28. The number of alkyl halides is 3. The van der Waals surface area contributed by atoms with Crippen molar-refractivity contribution in [1.29, 1.82) is 0 Å². The van der Waals surface area contributed by atoms with Gasteiger partial charge < -0.3 is 14.9 Å². The molecule has 1 atom stereocenters. The highest BCUT2D eigenvalue weighted by Crippen LogP contribution is 2.50. The molecule has 16 heavy (non-hydrogen) atoms. The Morgan fingerprint density at radius 3 is 2.50 bits per heavy atom. The molecule has 0 amide bonds. The molecule has 0 saturated carbocycles. The van der Waals surface area contributed by atoms with Crippen LogP contribution in [0.15, 0.2) is 18.2 Å². The van der Waals surface area contributed by atoms with Crippen LogP contribution in [-0.2, 0) is 10.4 Å². The van der Waals surface area contributed by atoms with Crippen LogP contribution in [-0.4, -0.2) is 22.4 Å². The van der Waals surface area contributed by atoms with E-state index in [-0.39, 0.29) is 0 Å². The van der Waals surface area contributed by atoms with Crippen molar-refractivity contribution in [2.24, 2.45) is 0 Å². The Kier molecular flexibility index (Phi) is 1.94. The van der Waals surface area contributed by atoms with Crippen molar-refractivity contribution in [2.75, 3.05) is 0 Å². The minimum Gasteiger partial charge on any atom is -0.504 e. The number of hydrogen-bond donors (Lipinski definition) is 2. The lowest BCUT2D eigenvalue weighted by atomic mass is 9.94. The first-order valence-corrected chi connectivity index (χ1v) is 4.12. The van der Waals surface area contributed by atoms with Crippen LogP contribution in [0.4, 0.5) is 13.2 Å². The summed E-state index contributed by atoms with van der Waals surface area (Å²) in [5.74, 6) is -3.16. The van der Waals surface area contributed by atoms with E-state index in [9.17, 15) is 28.2 Å². The van der Waals surface area contributed by atoms with E-state index in [2.05, 4.69) is 4.74 Å². The first kappa shape index (κ1) is 10.7. The van der Waals surface area contributed by atoms with Crippen LogP contribution in [0.1, 0.15) is 5.56 Å². The molecule has 0 aliphatic carbocycles. The SMILES string of the molecule is O=C1Oc2c(O)cccc2C1(O)C(F)(F)F. The molecule has 1 aliphatic rings. The standard InChI is InChI=1S/C9H5F3O4/c10-9(11,12)8(15)4-2-1-3-5(13)6(4)16-7(8)14/h1-3,13,15H. The van der Waals surface area contributed by atoms with E-state index in [1.807, 2.05) is 0 Å². The molecule has 2 N–H and O–H groups in total. The van der Waals surface area contributed by atoms with E-state index in [1.54, 1.807) is 0 Å². The number of fused-ring (bicyclic) bond motifs is 1. The van der Waals surface area contributed by atoms with Crippen LogP contribution in [0.2, 0.25) is 0 Å². The lowest BCUT2D eigenvalue weighted by molar-refractivity contribution is -0.258. The van der Waals surface area contributed by atoms with Gasteiger partial charge in [-0.15, -0.1) is 0 Å². The molecule has 0 radical (unpaired) electrons. The number of carbonyl (C=O) groups is 1. The first-order chi connectivity index (χ1) is 7.28. The Morgan fingerprint density at radius 2 is 1.94 bits per heavy atom. The number of phenols is 1. The van der Waals surface area contributed by atoms with Gasteiger partial charge in [-0.05, 0) is 6.07 Å². The fraction of sp³-hybridized carbons (Fsp3) is 0.222. The van der Waals surface area contributed by atoms with E-state index in [1.165, 1.54) is 0 Å². The molecule has 86 valence electrons. The first-order valence-electron chi connectivity index (χ1n) is 4.12. The number of hydrogen-bond acceptors (Lipinski definition) is 4. The van der Waals surface area contributed by atoms with E-state index < -0.39 is 34.8 Å². The van der Waals surface area contributed by atoms with Crippen LogP contribution in [0.3, 0.4) is 0 Å². The number of esters is 1. The number of aliphatic hydroxyl groups is 1. The third kappa shape index (κ3) is 1.12. The number of ether oxygens (including phenoxy) is 1.